The van der Waals surface area contributed by atoms with Crippen molar-refractivity contribution < 1.29 is 15.0 Å². The predicted octanol–water partition coefficient (Wildman–Crippen LogP) is 2.32. The van der Waals surface area contributed by atoms with E-state index in [1.165, 1.54) is 6.07 Å². The number of phenolic OH excluding ortho intramolecular Hbond substituents is 1. The van der Waals surface area contributed by atoms with E-state index < -0.39 is 0 Å². The number of benzene rings is 1. The number of aliphatic hydroxyl groups is 1. The first-order valence-corrected chi connectivity index (χ1v) is 6.76. The summed E-state index contributed by atoms with van der Waals surface area (Å²) in [5, 5.41) is 18.5. The highest BCUT2D eigenvalue weighted by Gasteiger charge is 2.23. The Labute approximate surface area is 114 Å². The molecule has 0 radical (unpaired) electrons. The molecule has 1 amide bonds. The number of aryl methyl sites for hydroxylation is 1. The second kappa shape index (κ2) is 7.14. The fourth-order valence-electron chi connectivity index (χ4n) is 2.33. The number of rotatable bonds is 6. The Hall–Kier alpha value is -1.55. The Morgan fingerprint density at radius 3 is 2.42 bits per heavy atom. The zero-order valence-corrected chi connectivity index (χ0v) is 11.9. The number of hydrogen-bond donors (Lipinski definition) is 2. The molecule has 0 aliphatic heterocycles. The van der Waals surface area contributed by atoms with Gasteiger partial charge in [-0.2, -0.15) is 0 Å². The molecule has 0 atom stereocenters. The van der Waals surface area contributed by atoms with E-state index in [2.05, 4.69) is 0 Å². The van der Waals surface area contributed by atoms with Crippen molar-refractivity contribution >= 4 is 5.91 Å². The minimum atomic E-state index is -0.0831. The van der Waals surface area contributed by atoms with Gasteiger partial charge in [0.25, 0.3) is 5.91 Å². The normalized spacial score (nSPS) is 10.8. The highest BCUT2D eigenvalue weighted by molar-refractivity contribution is 5.96. The first-order chi connectivity index (χ1) is 9.04. The van der Waals surface area contributed by atoms with Crippen LogP contribution < -0.4 is 0 Å². The van der Waals surface area contributed by atoms with Crippen LogP contribution in [0.25, 0.3) is 0 Å². The summed E-state index contributed by atoms with van der Waals surface area (Å²) >= 11 is 0. The fourth-order valence-corrected chi connectivity index (χ4v) is 2.33. The monoisotopic (exact) mass is 265 g/mol. The molecule has 4 nitrogen and oxygen atoms in total. The topological polar surface area (TPSA) is 60.8 Å². The first kappa shape index (κ1) is 15.5. The lowest BCUT2D eigenvalue weighted by Crippen LogP contribution is -2.41. The number of carbonyl (C=O) groups is 1. The average Bonchev–Trinajstić information content (AvgIpc) is 2.38. The molecule has 0 unspecified atom stereocenters. The summed E-state index contributed by atoms with van der Waals surface area (Å²) in [5.41, 5.74) is 1.33. The molecule has 0 spiro atoms. The molecule has 0 saturated carbocycles. The van der Waals surface area contributed by atoms with Gasteiger partial charge < -0.3 is 15.1 Å². The van der Waals surface area contributed by atoms with Gasteiger partial charge in [0.05, 0.1) is 6.61 Å². The van der Waals surface area contributed by atoms with E-state index in [4.69, 9.17) is 5.11 Å². The fraction of sp³-hybridized carbons (Fsp3) is 0.533. The quantitative estimate of drug-likeness (QED) is 0.830. The lowest BCUT2D eigenvalue weighted by Gasteiger charge is -2.30. The maximum Gasteiger partial charge on any atom is 0.254 e. The maximum absolute atomic E-state index is 12.6. The van der Waals surface area contributed by atoms with E-state index in [9.17, 15) is 9.90 Å². The number of hydrogen-bond acceptors (Lipinski definition) is 3. The standard InChI is InChI=1S/C15H23NO3/c1-4-12(5-2)16(8-9-17)15(19)14-7-6-13(18)10-11(14)3/h6-7,10,12,17-18H,4-5,8-9H2,1-3H3. The third-order valence-electron chi connectivity index (χ3n) is 3.43. The average molecular weight is 265 g/mol. The molecule has 1 rings (SSSR count). The molecule has 0 aliphatic rings. The first-order valence-electron chi connectivity index (χ1n) is 6.76. The number of phenols is 1. The minimum absolute atomic E-state index is 0.0423. The van der Waals surface area contributed by atoms with E-state index in [-0.39, 0.29) is 24.3 Å². The van der Waals surface area contributed by atoms with E-state index in [1.54, 1.807) is 24.0 Å². The van der Waals surface area contributed by atoms with Crippen LogP contribution in [-0.2, 0) is 0 Å². The summed E-state index contributed by atoms with van der Waals surface area (Å²) in [7, 11) is 0. The summed E-state index contributed by atoms with van der Waals surface area (Å²) in [4.78, 5) is 14.3. The highest BCUT2D eigenvalue weighted by Crippen LogP contribution is 2.19. The summed E-state index contributed by atoms with van der Waals surface area (Å²) < 4.78 is 0. The van der Waals surface area contributed by atoms with Crippen LogP contribution in [0.4, 0.5) is 0 Å². The van der Waals surface area contributed by atoms with E-state index in [0.717, 1.165) is 18.4 Å². The third kappa shape index (κ3) is 3.70. The zero-order valence-electron chi connectivity index (χ0n) is 11.9. The van der Waals surface area contributed by atoms with Gasteiger partial charge in [-0.15, -0.1) is 0 Å². The number of amides is 1. The molecule has 4 heteroatoms. The van der Waals surface area contributed by atoms with Crippen molar-refractivity contribution in [2.45, 2.75) is 39.7 Å². The van der Waals surface area contributed by atoms with Crippen LogP contribution in [0.15, 0.2) is 18.2 Å². The molecular weight excluding hydrogens is 242 g/mol. The Morgan fingerprint density at radius 1 is 1.32 bits per heavy atom. The molecule has 0 fully saturated rings. The van der Waals surface area contributed by atoms with E-state index in [0.29, 0.717) is 12.1 Å². The predicted molar refractivity (Wildman–Crippen MR) is 75.3 cm³/mol. The van der Waals surface area contributed by atoms with Crippen LogP contribution in [-0.4, -0.2) is 40.2 Å². The van der Waals surface area contributed by atoms with Crippen molar-refractivity contribution in [1.29, 1.82) is 0 Å². The summed E-state index contributed by atoms with van der Waals surface area (Å²) in [6.45, 7) is 6.17. The zero-order chi connectivity index (χ0) is 14.4. The largest absolute Gasteiger partial charge is 0.508 e. The van der Waals surface area contributed by atoms with Crippen molar-refractivity contribution in [3.05, 3.63) is 29.3 Å². The molecule has 2 N–H and O–H groups in total. The molecule has 19 heavy (non-hydrogen) atoms. The third-order valence-corrected chi connectivity index (χ3v) is 3.43. The van der Waals surface area contributed by atoms with Crippen LogP contribution in [0.5, 0.6) is 5.75 Å². The van der Waals surface area contributed by atoms with Gasteiger partial charge in [-0.3, -0.25) is 4.79 Å². The summed E-state index contributed by atoms with van der Waals surface area (Å²) in [6, 6.07) is 4.87. The highest BCUT2D eigenvalue weighted by atomic mass is 16.3. The Kier molecular flexibility index (Phi) is 5.83. The molecule has 0 bridgehead atoms. The Morgan fingerprint density at radius 2 is 1.95 bits per heavy atom. The molecule has 106 valence electrons. The van der Waals surface area contributed by atoms with Crippen molar-refractivity contribution in [1.82, 2.24) is 4.90 Å². The second-order valence-corrected chi connectivity index (χ2v) is 4.69. The van der Waals surface area contributed by atoms with Crippen molar-refractivity contribution in [3.63, 3.8) is 0 Å². The number of aromatic hydroxyl groups is 1. The summed E-state index contributed by atoms with van der Waals surface area (Å²) in [6.07, 6.45) is 1.72. The van der Waals surface area contributed by atoms with E-state index >= 15 is 0 Å². The molecule has 0 aromatic heterocycles. The van der Waals surface area contributed by atoms with E-state index in [1.807, 2.05) is 13.8 Å². The summed E-state index contributed by atoms with van der Waals surface area (Å²) in [5.74, 6) is 0.0746. The van der Waals surface area contributed by atoms with Gasteiger partial charge in [0.1, 0.15) is 5.75 Å². The molecule has 1 aromatic carbocycles. The van der Waals surface area contributed by atoms with Crippen LogP contribution in [0.2, 0.25) is 0 Å². The van der Waals surface area contributed by atoms with Gasteiger partial charge in [0.15, 0.2) is 0 Å². The lowest BCUT2D eigenvalue weighted by molar-refractivity contribution is 0.0621. The van der Waals surface area contributed by atoms with Crippen molar-refractivity contribution in [2.75, 3.05) is 13.2 Å². The second-order valence-electron chi connectivity index (χ2n) is 4.69. The molecule has 0 heterocycles. The minimum Gasteiger partial charge on any atom is -0.508 e. The SMILES string of the molecule is CCC(CC)N(CCO)C(=O)c1ccc(O)cc1C. The Balaban J connectivity index is 3.04. The van der Waals surface area contributed by atoms with Gasteiger partial charge in [-0.1, -0.05) is 13.8 Å². The van der Waals surface area contributed by atoms with Gasteiger partial charge in [-0.05, 0) is 43.5 Å². The molecule has 0 aliphatic carbocycles. The van der Waals surface area contributed by atoms with Crippen LogP contribution in [0.1, 0.15) is 42.6 Å². The van der Waals surface area contributed by atoms with Crippen molar-refractivity contribution in [2.24, 2.45) is 0 Å². The van der Waals surface area contributed by atoms with Gasteiger partial charge >= 0.3 is 0 Å². The van der Waals surface area contributed by atoms with Crippen LogP contribution in [0, 0.1) is 6.92 Å². The molecule has 1 aromatic rings. The number of carbonyl (C=O) groups excluding carboxylic acids is 1. The maximum atomic E-state index is 12.6. The molecular formula is C15H23NO3. The van der Waals surface area contributed by atoms with Crippen LogP contribution >= 0.6 is 0 Å². The van der Waals surface area contributed by atoms with Gasteiger partial charge in [-0.25, -0.2) is 0 Å². The van der Waals surface area contributed by atoms with Gasteiger partial charge in [0, 0.05) is 18.2 Å². The smallest absolute Gasteiger partial charge is 0.254 e. The lowest BCUT2D eigenvalue weighted by atomic mass is 10.0. The number of aliphatic hydroxyl groups excluding tert-OH is 1. The van der Waals surface area contributed by atoms with Crippen molar-refractivity contribution in [3.8, 4) is 5.75 Å². The van der Waals surface area contributed by atoms with Gasteiger partial charge in [0.2, 0.25) is 0 Å². The number of nitrogens with zero attached hydrogens (tertiary/aromatic N) is 1. The molecule has 0 saturated heterocycles. The Bertz CT molecular complexity index is 427. The van der Waals surface area contributed by atoms with Crippen LogP contribution in [0.3, 0.4) is 0 Å².